The Labute approximate surface area is 165 Å². The van der Waals surface area contributed by atoms with Crippen molar-refractivity contribution in [2.45, 2.75) is 58.5 Å². The van der Waals surface area contributed by atoms with E-state index in [2.05, 4.69) is 24.0 Å². The highest BCUT2D eigenvalue weighted by Gasteiger charge is 2.15. The highest BCUT2D eigenvalue weighted by atomic mass is 19.2. The standard InChI is InChI=1S/C22H28F2N2O2/c1-3-4-8-15-28-16(2)9-6-5-7-10-17-11-13-19(26-25-17)18-12-14-20(27)22(24)21(18)23/h7,10-14,16,27H,3-6,8-9,15H2,1-2H3/b10-7+. The van der Waals surface area contributed by atoms with Crippen molar-refractivity contribution in [1.29, 1.82) is 0 Å². The molecule has 0 aliphatic rings. The molecule has 152 valence electrons. The van der Waals surface area contributed by atoms with Crippen LogP contribution in [0.3, 0.4) is 0 Å². The van der Waals surface area contributed by atoms with Crippen molar-refractivity contribution < 1.29 is 18.6 Å². The summed E-state index contributed by atoms with van der Waals surface area (Å²) in [5, 5.41) is 17.2. The molecule has 0 aliphatic heterocycles. The van der Waals surface area contributed by atoms with Crippen molar-refractivity contribution >= 4 is 6.08 Å². The Balaban J connectivity index is 1.79. The number of phenols is 1. The molecule has 2 rings (SSSR count). The van der Waals surface area contributed by atoms with Crippen LogP contribution in [0.25, 0.3) is 17.3 Å². The van der Waals surface area contributed by atoms with Crippen LogP contribution in [0.4, 0.5) is 8.78 Å². The summed E-state index contributed by atoms with van der Waals surface area (Å²) in [5.74, 6) is -3.15. The smallest absolute Gasteiger partial charge is 0.201 e. The lowest BCUT2D eigenvalue weighted by molar-refractivity contribution is 0.0566. The van der Waals surface area contributed by atoms with Gasteiger partial charge in [-0.25, -0.2) is 4.39 Å². The largest absolute Gasteiger partial charge is 0.505 e. The second-order valence-electron chi connectivity index (χ2n) is 6.83. The average Bonchev–Trinajstić information content (AvgIpc) is 2.70. The zero-order valence-electron chi connectivity index (χ0n) is 16.5. The third-order valence-corrected chi connectivity index (χ3v) is 4.44. The van der Waals surface area contributed by atoms with E-state index in [1.165, 1.54) is 18.9 Å². The van der Waals surface area contributed by atoms with Gasteiger partial charge in [-0.05, 0) is 62.9 Å². The summed E-state index contributed by atoms with van der Waals surface area (Å²) in [7, 11) is 0. The van der Waals surface area contributed by atoms with E-state index in [-0.39, 0.29) is 17.4 Å². The number of aromatic hydroxyl groups is 1. The molecule has 1 aromatic carbocycles. The van der Waals surface area contributed by atoms with E-state index < -0.39 is 17.4 Å². The molecule has 1 N–H and O–H groups in total. The van der Waals surface area contributed by atoms with Gasteiger partial charge in [0, 0.05) is 12.2 Å². The molecule has 0 amide bonds. The van der Waals surface area contributed by atoms with Gasteiger partial charge in [0.2, 0.25) is 5.82 Å². The summed E-state index contributed by atoms with van der Waals surface area (Å²) < 4.78 is 33.1. The maximum absolute atomic E-state index is 13.9. The minimum Gasteiger partial charge on any atom is -0.505 e. The SMILES string of the molecule is CCCCCOC(C)CCC/C=C/c1ccc(-c2ccc(O)c(F)c2F)nn1. The van der Waals surface area contributed by atoms with Gasteiger partial charge in [0.25, 0.3) is 0 Å². The van der Waals surface area contributed by atoms with Gasteiger partial charge in [-0.15, -0.1) is 5.10 Å². The Morgan fingerprint density at radius 1 is 1.07 bits per heavy atom. The molecule has 1 heterocycles. The highest BCUT2D eigenvalue weighted by Crippen LogP contribution is 2.27. The normalized spacial score (nSPS) is 12.6. The number of phenolic OH excluding ortho intramolecular Hbond substituents is 1. The van der Waals surface area contributed by atoms with Crippen LogP contribution in [0, 0.1) is 11.6 Å². The molecule has 0 saturated carbocycles. The third-order valence-electron chi connectivity index (χ3n) is 4.44. The van der Waals surface area contributed by atoms with Gasteiger partial charge >= 0.3 is 0 Å². The van der Waals surface area contributed by atoms with Crippen molar-refractivity contribution in [1.82, 2.24) is 10.2 Å². The van der Waals surface area contributed by atoms with Crippen LogP contribution in [0.2, 0.25) is 0 Å². The van der Waals surface area contributed by atoms with Gasteiger partial charge in [0.15, 0.2) is 11.6 Å². The number of hydrogen-bond donors (Lipinski definition) is 1. The van der Waals surface area contributed by atoms with Gasteiger partial charge in [-0.1, -0.05) is 25.8 Å². The topological polar surface area (TPSA) is 55.2 Å². The van der Waals surface area contributed by atoms with Crippen LogP contribution >= 0.6 is 0 Å². The number of hydrogen-bond acceptors (Lipinski definition) is 4. The Morgan fingerprint density at radius 2 is 1.89 bits per heavy atom. The van der Waals surface area contributed by atoms with Crippen LogP contribution in [0.5, 0.6) is 5.75 Å². The Morgan fingerprint density at radius 3 is 2.61 bits per heavy atom. The molecule has 1 aromatic heterocycles. The van der Waals surface area contributed by atoms with Gasteiger partial charge < -0.3 is 9.84 Å². The van der Waals surface area contributed by atoms with Gasteiger partial charge in [0.1, 0.15) is 0 Å². The van der Waals surface area contributed by atoms with Crippen molar-refractivity contribution in [3.05, 3.63) is 47.7 Å². The van der Waals surface area contributed by atoms with E-state index in [4.69, 9.17) is 4.74 Å². The molecule has 1 atom stereocenters. The number of halogens is 2. The summed E-state index contributed by atoms with van der Waals surface area (Å²) >= 11 is 0. The van der Waals surface area contributed by atoms with Crippen molar-refractivity contribution in [3.63, 3.8) is 0 Å². The Kier molecular flexibility index (Phi) is 9.01. The first-order valence-electron chi connectivity index (χ1n) is 9.82. The van der Waals surface area contributed by atoms with Crippen LogP contribution in [-0.2, 0) is 4.74 Å². The molecule has 0 fully saturated rings. The maximum atomic E-state index is 13.9. The fraction of sp³-hybridized carbons (Fsp3) is 0.455. The molecule has 0 saturated heterocycles. The molecule has 28 heavy (non-hydrogen) atoms. The number of unbranched alkanes of at least 4 members (excludes halogenated alkanes) is 3. The van der Waals surface area contributed by atoms with Gasteiger partial charge in [0.05, 0.1) is 17.5 Å². The lowest BCUT2D eigenvalue weighted by Gasteiger charge is -2.11. The van der Waals surface area contributed by atoms with E-state index in [9.17, 15) is 13.9 Å². The highest BCUT2D eigenvalue weighted by molar-refractivity contribution is 5.61. The monoisotopic (exact) mass is 390 g/mol. The lowest BCUT2D eigenvalue weighted by Crippen LogP contribution is -2.08. The van der Waals surface area contributed by atoms with Crippen molar-refractivity contribution in [3.8, 4) is 17.0 Å². The quantitative estimate of drug-likeness (QED) is 0.485. The predicted octanol–water partition coefficient (Wildman–Crippen LogP) is 5.91. The molecule has 0 aliphatic carbocycles. The molecule has 0 radical (unpaired) electrons. The predicted molar refractivity (Wildman–Crippen MR) is 107 cm³/mol. The summed E-state index contributed by atoms with van der Waals surface area (Å²) in [5.41, 5.74) is 0.820. The fourth-order valence-electron chi connectivity index (χ4n) is 2.76. The number of aromatic nitrogens is 2. The Bertz CT molecular complexity index is 764. The molecular formula is C22H28F2N2O2. The van der Waals surface area contributed by atoms with Gasteiger partial charge in [-0.2, -0.15) is 9.49 Å². The molecule has 0 bridgehead atoms. The minimum atomic E-state index is -1.29. The van der Waals surface area contributed by atoms with Crippen LogP contribution in [0.1, 0.15) is 58.1 Å². The second-order valence-corrected chi connectivity index (χ2v) is 6.83. The summed E-state index contributed by atoms with van der Waals surface area (Å²) in [4.78, 5) is 0. The fourth-order valence-corrected chi connectivity index (χ4v) is 2.76. The lowest BCUT2D eigenvalue weighted by atomic mass is 10.1. The summed E-state index contributed by atoms with van der Waals surface area (Å²) in [6, 6.07) is 5.65. The zero-order valence-corrected chi connectivity index (χ0v) is 16.5. The van der Waals surface area contributed by atoms with Crippen LogP contribution < -0.4 is 0 Å². The van der Waals surface area contributed by atoms with E-state index in [1.807, 2.05) is 12.2 Å². The van der Waals surface area contributed by atoms with Crippen molar-refractivity contribution in [2.75, 3.05) is 6.61 Å². The molecular weight excluding hydrogens is 362 g/mol. The number of allylic oxidation sites excluding steroid dienone is 1. The molecule has 4 nitrogen and oxygen atoms in total. The second kappa shape index (κ2) is 11.5. The number of benzene rings is 1. The number of nitrogens with zero attached hydrogens (tertiary/aromatic N) is 2. The minimum absolute atomic E-state index is 0.0359. The first kappa shape index (κ1) is 22.0. The van der Waals surface area contributed by atoms with E-state index in [0.29, 0.717) is 5.69 Å². The van der Waals surface area contributed by atoms with Crippen LogP contribution in [-0.4, -0.2) is 28.0 Å². The number of ether oxygens (including phenoxy) is 1. The molecule has 2 aromatic rings. The molecule has 6 heteroatoms. The van der Waals surface area contributed by atoms with Crippen LogP contribution in [0.15, 0.2) is 30.3 Å². The zero-order chi connectivity index (χ0) is 20.4. The molecule has 0 spiro atoms. The van der Waals surface area contributed by atoms with Crippen molar-refractivity contribution in [2.24, 2.45) is 0 Å². The molecule has 1 unspecified atom stereocenters. The maximum Gasteiger partial charge on any atom is 0.201 e. The average molecular weight is 390 g/mol. The third kappa shape index (κ3) is 6.68. The first-order chi connectivity index (χ1) is 13.5. The van der Waals surface area contributed by atoms with E-state index in [1.54, 1.807) is 12.1 Å². The van der Waals surface area contributed by atoms with Gasteiger partial charge in [-0.3, -0.25) is 0 Å². The summed E-state index contributed by atoms with van der Waals surface area (Å²) in [6.07, 6.45) is 10.6. The Hall–Kier alpha value is -2.34. The summed E-state index contributed by atoms with van der Waals surface area (Å²) in [6.45, 7) is 5.11. The first-order valence-corrected chi connectivity index (χ1v) is 9.82. The number of rotatable bonds is 11. The van der Waals surface area contributed by atoms with E-state index >= 15 is 0 Å². The van der Waals surface area contributed by atoms with E-state index in [0.717, 1.165) is 38.4 Å².